The van der Waals surface area contributed by atoms with Crippen LogP contribution in [0.5, 0.6) is 0 Å². The van der Waals surface area contributed by atoms with E-state index in [1.807, 2.05) is 6.92 Å². The van der Waals surface area contributed by atoms with Gasteiger partial charge in [-0.15, -0.1) is 0 Å². The number of anilines is 2. The van der Waals surface area contributed by atoms with Gasteiger partial charge >= 0.3 is 0 Å². The first kappa shape index (κ1) is 18.9. The van der Waals surface area contributed by atoms with Gasteiger partial charge in [-0.25, -0.2) is 14.4 Å². The van der Waals surface area contributed by atoms with Crippen LogP contribution in [0.3, 0.4) is 0 Å². The summed E-state index contributed by atoms with van der Waals surface area (Å²) in [7, 11) is 0. The summed E-state index contributed by atoms with van der Waals surface area (Å²) in [6.07, 6.45) is 7.57. The van der Waals surface area contributed by atoms with E-state index in [1.54, 1.807) is 36.7 Å². The Morgan fingerprint density at radius 3 is 2.43 bits per heavy atom. The lowest BCUT2D eigenvalue weighted by atomic mass is 10.1. The summed E-state index contributed by atoms with van der Waals surface area (Å²) in [6, 6.07) is 10.4. The van der Waals surface area contributed by atoms with Gasteiger partial charge in [0.2, 0.25) is 5.91 Å². The minimum absolute atomic E-state index is 0.325. The smallest absolute Gasteiger partial charge is 0.255 e. The maximum absolute atomic E-state index is 13.0. The third kappa shape index (κ3) is 5.07. The lowest BCUT2D eigenvalue weighted by Crippen LogP contribution is -2.13. The molecule has 0 spiro atoms. The largest absolute Gasteiger partial charge is 0.322 e. The van der Waals surface area contributed by atoms with Crippen molar-refractivity contribution in [3.8, 4) is 0 Å². The van der Waals surface area contributed by atoms with E-state index in [0.717, 1.165) is 5.56 Å². The molecule has 0 atom stereocenters. The molecule has 2 aromatic carbocycles. The molecule has 1 heterocycles. The highest BCUT2D eigenvalue weighted by molar-refractivity contribution is 6.05. The molecule has 140 valence electrons. The second-order valence-electron chi connectivity index (χ2n) is 5.99. The van der Waals surface area contributed by atoms with Crippen molar-refractivity contribution in [2.45, 2.75) is 6.92 Å². The number of aryl methyl sites for hydroxylation is 1. The van der Waals surface area contributed by atoms with E-state index in [9.17, 15) is 14.0 Å². The molecule has 7 heteroatoms. The second kappa shape index (κ2) is 8.68. The quantitative estimate of drug-likeness (QED) is 0.663. The number of carbonyl (C=O) groups excluding carboxylic acids is 2. The Bertz CT molecular complexity index is 1020. The van der Waals surface area contributed by atoms with Crippen molar-refractivity contribution in [3.05, 3.63) is 89.8 Å². The average Bonchev–Trinajstić information content (AvgIpc) is 2.70. The van der Waals surface area contributed by atoms with Crippen molar-refractivity contribution in [1.29, 1.82) is 0 Å². The minimum Gasteiger partial charge on any atom is -0.322 e. The van der Waals surface area contributed by atoms with Crippen LogP contribution in [0.2, 0.25) is 0 Å². The van der Waals surface area contributed by atoms with Crippen LogP contribution in [0.4, 0.5) is 15.8 Å². The van der Waals surface area contributed by atoms with E-state index in [4.69, 9.17) is 0 Å². The van der Waals surface area contributed by atoms with Crippen LogP contribution in [0.15, 0.2) is 67.3 Å². The Kier molecular flexibility index (Phi) is 5.86. The second-order valence-corrected chi connectivity index (χ2v) is 5.99. The first-order chi connectivity index (χ1) is 13.5. The number of hydrogen-bond donors (Lipinski definition) is 2. The highest BCUT2D eigenvalue weighted by atomic mass is 19.1. The van der Waals surface area contributed by atoms with Gasteiger partial charge in [0.25, 0.3) is 5.91 Å². The molecule has 0 saturated carbocycles. The van der Waals surface area contributed by atoms with Crippen molar-refractivity contribution in [1.82, 2.24) is 9.97 Å². The van der Waals surface area contributed by atoms with Crippen LogP contribution in [0, 0.1) is 12.7 Å². The summed E-state index contributed by atoms with van der Waals surface area (Å²) in [4.78, 5) is 32.2. The zero-order valence-electron chi connectivity index (χ0n) is 15.0. The van der Waals surface area contributed by atoms with Gasteiger partial charge in [0.05, 0.1) is 0 Å². The Hall–Kier alpha value is -3.87. The van der Waals surface area contributed by atoms with E-state index in [-0.39, 0.29) is 11.8 Å². The topological polar surface area (TPSA) is 84.0 Å². The number of aromatic nitrogens is 2. The lowest BCUT2D eigenvalue weighted by molar-refractivity contribution is -0.111. The highest BCUT2D eigenvalue weighted by Crippen LogP contribution is 2.21. The van der Waals surface area contributed by atoms with Crippen molar-refractivity contribution in [2.24, 2.45) is 0 Å². The van der Waals surface area contributed by atoms with Crippen molar-refractivity contribution < 1.29 is 14.0 Å². The third-order valence-corrected chi connectivity index (χ3v) is 3.87. The maximum Gasteiger partial charge on any atom is 0.255 e. The molecular formula is C21H17FN4O2. The Labute approximate surface area is 161 Å². The molecule has 3 rings (SSSR count). The fourth-order valence-corrected chi connectivity index (χ4v) is 2.38. The van der Waals surface area contributed by atoms with Gasteiger partial charge < -0.3 is 10.6 Å². The van der Waals surface area contributed by atoms with Gasteiger partial charge in [-0.2, -0.15) is 0 Å². The van der Waals surface area contributed by atoms with Crippen LogP contribution >= 0.6 is 0 Å². The van der Waals surface area contributed by atoms with Crippen LogP contribution in [-0.2, 0) is 4.79 Å². The molecule has 1 aromatic heterocycles. The van der Waals surface area contributed by atoms with Crippen LogP contribution in [-0.4, -0.2) is 21.8 Å². The minimum atomic E-state index is -0.410. The molecule has 28 heavy (non-hydrogen) atoms. The molecular weight excluding hydrogens is 359 g/mol. The molecule has 0 aliphatic rings. The van der Waals surface area contributed by atoms with Crippen LogP contribution in [0.1, 0.15) is 21.5 Å². The predicted molar refractivity (Wildman–Crippen MR) is 105 cm³/mol. The fourth-order valence-electron chi connectivity index (χ4n) is 2.38. The molecule has 0 fully saturated rings. The van der Waals surface area contributed by atoms with E-state index in [1.165, 1.54) is 36.7 Å². The van der Waals surface area contributed by atoms with Gasteiger partial charge in [0, 0.05) is 41.0 Å². The summed E-state index contributed by atoms with van der Waals surface area (Å²) < 4.78 is 13.0. The van der Waals surface area contributed by atoms with Crippen LogP contribution in [0.25, 0.3) is 6.08 Å². The maximum atomic E-state index is 13.0. The first-order valence-electron chi connectivity index (χ1n) is 8.43. The Balaban J connectivity index is 1.69. The number of amides is 2. The lowest BCUT2D eigenvalue weighted by Gasteiger charge is -2.11. The number of hydrogen-bond acceptors (Lipinski definition) is 4. The first-order valence-corrected chi connectivity index (χ1v) is 8.43. The molecule has 0 radical (unpaired) electrons. The third-order valence-electron chi connectivity index (χ3n) is 3.87. The van der Waals surface area contributed by atoms with Gasteiger partial charge in [0.15, 0.2) is 0 Å². The normalized spacial score (nSPS) is 10.6. The van der Waals surface area contributed by atoms with E-state index in [0.29, 0.717) is 22.5 Å². The number of nitrogens with zero attached hydrogens (tertiary/aromatic N) is 2. The average molecular weight is 376 g/mol. The number of rotatable bonds is 5. The Morgan fingerprint density at radius 1 is 1.00 bits per heavy atom. The zero-order valence-corrected chi connectivity index (χ0v) is 15.0. The fraction of sp³-hybridized carbons (Fsp3) is 0.0476. The number of carbonyl (C=O) groups is 2. The summed E-state index contributed by atoms with van der Waals surface area (Å²) >= 11 is 0. The molecule has 3 aromatic rings. The summed E-state index contributed by atoms with van der Waals surface area (Å²) in [6.45, 7) is 1.84. The molecule has 2 N–H and O–H groups in total. The molecule has 6 nitrogen and oxygen atoms in total. The van der Waals surface area contributed by atoms with E-state index < -0.39 is 5.82 Å². The predicted octanol–water partition coefficient (Wildman–Crippen LogP) is 3.83. The summed E-state index contributed by atoms with van der Waals surface area (Å²) in [5, 5.41) is 5.50. The summed E-state index contributed by atoms with van der Waals surface area (Å²) in [5.74, 6) is -1.11. The SMILES string of the molecule is Cc1ccc(NC(=O)c2ccc(F)cc2)cc1NC(=O)/C=C/c1cncnc1. The molecule has 0 aliphatic carbocycles. The zero-order chi connectivity index (χ0) is 19.9. The molecule has 0 bridgehead atoms. The number of benzene rings is 2. The van der Waals surface area contributed by atoms with Gasteiger partial charge in [-0.1, -0.05) is 6.07 Å². The molecule has 0 saturated heterocycles. The monoisotopic (exact) mass is 376 g/mol. The number of halogens is 1. The highest BCUT2D eigenvalue weighted by Gasteiger charge is 2.08. The standard InChI is InChI=1S/C21H17FN4O2/c1-14-2-8-18(25-21(28)16-4-6-17(22)7-5-16)10-19(14)26-20(27)9-3-15-11-23-13-24-12-15/h2-13H,1H3,(H,25,28)(H,26,27)/b9-3+. The Morgan fingerprint density at radius 2 is 1.71 bits per heavy atom. The van der Waals surface area contributed by atoms with Gasteiger partial charge in [-0.05, 0) is 55.0 Å². The molecule has 2 amide bonds. The van der Waals surface area contributed by atoms with Gasteiger partial charge in [-0.3, -0.25) is 9.59 Å². The van der Waals surface area contributed by atoms with E-state index in [2.05, 4.69) is 20.6 Å². The molecule has 0 aliphatic heterocycles. The summed E-state index contributed by atoms with van der Waals surface area (Å²) in [5.41, 5.74) is 2.95. The van der Waals surface area contributed by atoms with Crippen molar-refractivity contribution in [3.63, 3.8) is 0 Å². The van der Waals surface area contributed by atoms with Crippen molar-refractivity contribution in [2.75, 3.05) is 10.6 Å². The molecule has 0 unspecified atom stereocenters. The van der Waals surface area contributed by atoms with E-state index >= 15 is 0 Å². The van der Waals surface area contributed by atoms with Gasteiger partial charge in [0.1, 0.15) is 12.1 Å². The van der Waals surface area contributed by atoms with Crippen molar-refractivity contribution >= 4 is 29.3 Å². The number of nitrogens with one attached hydrogen (secondary N) is 2. The van der Waals surface area contributed by atoms with Crippen LogP contribution < -0.4 is 10.6 Å².